The van der Waals surface area contributed by atoms with E-state index in [0.717, 1.165) is 31.7 Å². The summed E-state index contributed by atoms with van der Waals surface area (Å²) in [4.78, 5) is 2.55. The van der Waals surface area contributed by atoms with Crippen molar-refractivity contribution in [2.24, 2.45) is 0 Å². The summed E-state index contributed by atoms with van der Waals surface area (Å²) >= 11 is 0. The third kappa shape index (κ3) is 3.06. The number of ether oxygens (including phenoxy) is 1. The van der Waals surface area contributed by atoms with Gasteiger partial charge in [0, 0.05) is 43.1 Å². The Bertz CT molecular complexity index is 956. The standard InChI is InChI=1S/C25H31N3O/c1-17(2)27-13-11-25(12-14-27)28-23(20-7-5-6-8-24(20)29-25)16-22(26-28)21-15-18(3)9-10-19(21)4/h5-10,15-17,23,26H,11-14H2,1-4H3/t23-/m0/s1. The van der Waals surface area contributed by atoms with Crippen molar-refractivity contribution in [3.8, 4) is 5.75 Å². The molecule has 3 heterocycles. The molecule has 1 atom stereocenters. The summed E-state index contributed by atoms with van der Waals surface area (Å²) in [5.41, 5.74) is 9.78. The molecule has 4 nitrogen and oxygen atoms in total. The van der Waals surface area contributed by atoms with Crippen molar-refractivity contribution in [2.45, 2.75) is 58.3 Å². The zero-order chi connectivity index (χ0) is 20.2. The molecule has 0 radical (unpaired) electrons. The molecule has 29 heavy (non-hydrogen) atoms. The van der Waals surface area contributed by atoms with Gasteiger partial charge in [0.2, 0.25) is 0 Å². The van der Waals surface area contributed by atoms with Gasteiger partial charge < -0.3 is 15.1 Å². The highest BCUT2D eigenvalue weighted by atomic mass is 16.5. The van der Waals surface area contributed by atoms with Crippen LogP contribution in [0, 0.1) is 13.8 Å². The van der Waals surface area contributed by atoms with Crippen LogP contribution in [0.4, 0.5) is 0 Å². The topological polar surface area (TPSA) is 27.7 Å². The number of benzene rings is 2. The van der Waals surface area contributed by atoms with Crippen molar-refractivity contribution in [2.75, 3.05) is 13.1 Å². The van der Waals surface area contributed by atoms with E-state index in [9.17, 15) is 0 Å². The fraction of sp³-hybridized carbons (Fsp3) is 0.440. The van der Waals surface area contributed by atoms with Crippen LogP contribution in [0.5, 0.6) is 5.75 Å². The van der Waals surface area contributed by atoms with Crippen LogP contribution in [0.3, 0.4) is 0 Å². The van der Waals surface area contributed by atoms with Crippen molar-refractivity contribution in [1.29, 1.82) is 0 Å². The summed E-state index contributed by atoms with van der Waals surface area (Å²) < 4.78 is 6.74. The molecule has 0 unspecified atom stereocenters. The highest BCUT2D eigenvalue weighted by Gasteiger charge is 2.51. The highest BCUT2D eigenvalue weighted by Crippen LogP contribution is 2.48. The van der Waals surface area contributed by atoms with Gasteiger partial charge in [0.15, 0.2) is 5.72 Å². The SMILES string of the molecule is Cc1ccc(C)c(C2=C[C@H]3c4ccccc4OC4(CCN(C(C)C)CC4)N3N2)c1. The Kier molecular flexibility index (Phi) is 4.45. The molecule has 2 aromatic rings. The molecule has 3 aliphatic heterocycles. The van der Waals surface area contributed by atoms with Gasteiger partial charge in [-0.25, -0.2) is 0 Å². The molecule has 3 aliphatic rings. The predicted octanol–water partition coefficient (Wildman–Crippen LogP) is 4.80. The van der Waals surface area contributed by atoms with Gasteiger partial charge >= 0.3 is 0 Å². The van der Waals surface area contributed by atoms with Crippen LogP contribution in [0.25, 0.3) is 5.70 Å². The molecule has 4 heteroatoms. The maximum atomic E-state index is 6.74. The zero-order valence-electron chi connectivity index (χ0n) is 17.9. The normalized spacial score (nSPS) is 23.3. The first-order valence-electron chi connectivity index (χ1n) is 10.8. The summed E-state index contributed by atoms with van der Waals surface area (Å²) in [6.07, 6.45) is 4.38. The first-order chi connectivity index (χ1) is 14.0. The Balaban J connectivity index is 1.54. The average molecular weight is 390 g/mol. The third-order valence-corrected chi connectivity index (χ3v) is 6.81. The second-order valence-corrected chi connectivity index (χ2v) is 9.04. The summed E-state index contributed by atoms with van der Waals surface area (Å²) in [6.45, 7) is 11.0. The van der Waals surface area contributed by atoms with Crippen molar-refractivity contribution < 1.29 is 4.74 Å². The van der Waals surface area contributed by atoms with Crippen LogP contribution in [0.2, 0.25) is 0 Å². The lowest BCUT2D eigenvalue weighted by Crippen LogP contribution is -2.64. The minimum atomic E-state index is -0.305. The number of para-hydroxylation sites is 1. The first-order valence-corrected chi connectivity index (χ1v) is 10.8. The van der Waals surface area contributed by atoms with E-state index in [1.807, 2.05) is 0 Å². The lowest BCUT2D eigenvalue weighted by Gasteiger charge is -2.52. The van der Waals surface area contributed by atoms with Gasteiger partial charge in [-0.05, 0) is 51.5 Å². The molecule has 0 amide bonds. The average Bonchev–Trinajstić information content (AvgIpc) is 3.17. The number of nitrogens with zero attached hydrogens (tertiary/aromatic N) is 2. The lowest BCUT2D eigenvalue weighted by molar-refractivity contribution is -0.161. The van der Waals surface area contributed by atoms with Gasteiger partial charge in [-0.15, -0.1) is 0 Å². The molecule has 1 fully saturated rings. The first kappa shape index (κ1) is 18.7. The second-order valence-electron chi connectivity index (χ2n) is 9.04. The van der Waals surface area contributed by atoms with Gasteiger partial charge in [0.05, 0.1) is 11.7 Å². The summed E-state index contributed by atoms with van der Waals surface area (Å²) in [5.74, 6) is 1.03. The maximum absolute atomic E-state index is 6.74. The molecule has 2 aromatic carbocycles. The molecular weight excluding hydrogens is 358 g/mol. The van der Waals surface area contributed by atoms with Gasteiger partial charge in [-0.2, -0.15) is 5.01 Å². The number of hydrazine groups is 1. The molecule has 0 saturated carbocycles. The number of aryl methyl sites for hydroxylation is 2. The van der Waals surface area contributed by atoms with Crippen molar-refractivity contribution in [3.05, 3.63) is 70.8 Å². The number of rotatable bonds is 2. The maximum Gasteiger partial charge on any atom is 0.182 e. The number of nitrogens with one attached hydrogen (secondary N) is 1. The largest absolute Gasteiger partial charge is 0.470 e. The summed E-state index contributed by atoms with van der Waals surface area (Å²) in [7, 11) is 0. The molecule has 1 N–H and O–H groups in total. The van der Waals surface area contributed by atoms with Gasteiger partial charge in [-0.3, -0.25) is 0 Å². The minimum Gasteiger partial charge on any atom is -0.470 e. The van der Waals surface area contributed by atoms with Crippen molar-refractivity contribution in [1.82, 2.24) is 15.3 Å². The van der Waals surface area contributed by atoms with Crippen LogP contribution < -0.4 is 10.2 Å². The molecular formula is C25H31N3O. The Hall–Kier alpha value is -2.30. The summed E-state index contributed by atoms with van der Waals surface area (Å²) in [6, 6.07) is 16.0. The molecule has 0 aliphatic carbocycles. The van der Waals surface area contributed by atoms with E-state index < -0.39 is 0 Å². The van der Waals surface area contributed by atoms with E-state index in [1.165, 1.54) is 28.0 Å². The number of piperidine rings is 1. The van der Waals surface area contributed by atoms with Gasteiger partial charge in [0.25, 0.3) is 0 Å². The Morgan fingerprint density at radius 2 is 1.83 bits per heavy atom. The van der Waals surface area contributed by atoms with Gasteiger partial charge in [0.1, 0.15) is 5.75 Å². The van der Waals surface area contributed by atoms with Crippen LogP contribution >= 0.6 is 0 Å². The number of fused-ring (bicyclic) bond motifs is 4. The minimum absolute atomic E-state index is 0.195. The number of likely N-dealkylation sites (tertiary alicyclic amines) is 1. The van der Waals surface area contributed by atoms with Crippen LogP contribution in [-0.4, -0.2) is 34.8 Å². The van der Waals surface area contributed by atoms with E-state index >= 15 is 0 Å². The summed E-state index contributed by atoms with van der Waals surface area (Å²) in [5, 5.41) is 2.39. The van der Waals surface area contributed by atoms with Crippen LogP contribution in [0.15, 0.2) is 48.5 Å². The third-order valence-electron chi connectivity index (χ3n) is 6.81. The predicted molar refractivity (Wildman–Crippen MR) is 117 cm³/mol. The van der Waals surface area contributed by atoms with E-state index in [-0.39, 0.29) is 11.8 Å². The Morgan fingerprint density at radius 3 is 2.59 bits per heavy atom. The Morgan fingerprint density at radius 1 is 1.07 bits per heavy atom. The molecule has 152 valence electrons. The zero-order valence-corrected chi connectivity index (χ0v) is 17.9. The van der Waals surface area contributed by atoms with Crippen LogP contribution in [0.1, 0.15) is 55.0 Å². The Labute approximate surface area is 174 Å². The lowest BCUT2D eigenvalue weighted by atomic mass is 9.92. The number of hydrogen-bond donors (Lipinski definition) is 1. The van der Waals surface area contributed by atoms with Crippen LogP contribution in [-0.2, 0) is 0 Å². The molecule has 1 spiro atoms. The molecule has 0 bridgehead atoms. The monoisotopic (exact) mass is 389 g/mol. The quantitative estimate of drug-likeness (QED) is 0.799. The van der Waals surface area contributed by atoms with E-state index in [1.54, 1.807) is 0 Å². The van der Waals surface area contributed by atoms with E-state index in [2.05, 4.69) is 91.6 Å². The van der Waals surface area contributed by atoms with Crippen molar-refractivity contribution in [3.63, 3.8) is 0 Å². The molecule has 0 aromatic heterocycles. The molecule has 1 saturated heterocycles. The highest BCUT2D eigenvalue weighted by molar-refractivity contribution is 5.70. The number of hydrogen-bond acceptors (Lipinski definition) is 4. The van der Waals surface area contributed by atoms with E-state index in [0.29, 0.717) is 6.04 Å². The fourth-order valence-electron chi connectivity index (χ4n) is 5.03. The van der Waals surface area contributed by atoms with Gasteiger partial charge in [-0.1, -0.05) is 35.9 Å². The second kappa shape index (κ2) is 6.89. The smallest absolute Gasteiger partial charge is 0.182 e. The molecule has 5 rings (SSSR count). The van der Waals surface area contributed by atoms with E-state index in [4.69, 9.17) is 4.74 Å². The fourth-order valence-corrected chi connectivity index (χ4v) is 5.03. The van der Waals surface area contributed by atoms with Crippen molar-refractivity contribution >= 4 is 5.70 Å².